The van der Waals surface area contributed by atoms with Crippen LogP contribution >= 0.6 is 23.2 Å². The van der Waals surface area contributed by atoms with Gasteiger partial charge in [-0.05, 0) is 24.6 Å². The molecule has 0 aliphatic carbocycles. The summed E-state index contributed by atoms with van der Waals surface area (Å²) in [7, 11) is 1.76. The van der Waals surface area contributed by atoms with Crippen LogP contribution in [-0.4, -0.2) is 30.9 Å². The number of nitrogens with zero attached hydrogens (tertiary/aromatic N) is 1. The molecule has 1 atom stereocenters. The summed E-state index contributed by atoms with van der Waals surface area (Å²) in [6.07, 6.45) is 1.72. The molecule has 0 aromatic heterocycles. The molecule has 1 N–H and O–H groups in total. The molecule has 19 heavy (non-hydrogen) atoms. The number of amides is 1. The Morgan fingerprint density at radius 1 is 1.53 bits per heavy atom. The van der Waals surface area contributed by atoms with Crippen molar-refractivity contribution in [3.05, 3.63) is 46.5 Å². The standard InChI is InChI=1S/C14H18Cl2N2O/c1-4-7-17-9-14(19)18(3)10(2)12-6-5-11(15)8-13(12)16/h4-6,8,10,17H,1,7,9H2,2-3H3. The topological polar surface area (TPSA) is 32.3 Å². The molecule has 0 aliphatic rings. The Bertz CT molecular complexity index is 463. The lowest BCUT2D eigenvalue weighted by atomic mass is 10.1. The molecule has 1 aromatic rings. The average molecular weight is 301 g/mol. The van der Waals surface area contributed by atoms with E-state index in [2.05, 4.69) is 11.9 Å². The SMILES string of the molecule is C=CCNCC(=O)N(C)C(C)c1ccc(Cl)cc1Cl. The minimum atomic E-state index is -0.109. The lowest BCUT2D eigenvalue weighted by molar-refractivity contribution is -0.130. The van der Waals surface area contributed by atoms with Crippen molar-refractivity contribution in [3.8, 4) is 0 Å². The zero-order valence-electron chi connectivity index (χ0n) is 11.1. The maximum absolute atomic E-state index is 12.0. The Morgan fingerprint density at radius 3 is 2.79 bits per heavy atom. The summed E-state index contributed by atoms with van der Waals surface area (Å²) in [6.45, 7) is 6.40. The molecule has 1 amide bonds. The predicted molar refractivity (Wildman–Crippen MR) is 80.7 cm³/mol. The van der Waals surface area contributed by atoms with E-state index < -0.39 is 0 Å². The molecule has 3 nitrogen and oxygen atoms in total. The van der Waals surface area contributed by atoms with Crippen LogP contribution in [0.1, 0.15) is 18.5 Å². The van der Waals surface area contributed by atoms with E-state index in [1.54, 1.807) is 30.2 Å². The second-order valence-corrected chi connectivity index (χ2v) is 5.11. The minimum Gasteiger partial charge on any atom is -0.338 e. The quantitative estimate of drug-likeness (QED) is 0.646. The van der Waals surface area contributed by atoms with E-state index in [-0.39, 0.29) is 18.5 Å². The van der Waals surface area contributed by atoms with Crippen LogP contribution in [0.25, 0.3) is 0 Å². The molecule has 0 saturated heterocycles. The van der Waals surface area contributed by atoms with E-state index in [1.165, 1.54) is 0 Å². The molecule has 0 aliphatic heterocycles. The number of hydrogen-bond donors (Lipinski definition) is 1. The first-order chi connectivity index (χ1) is 8.97. The van der Waals surface area contributed by atoms with Crippen molar-refractivity contribution in [1.82, 2.24) is 10.2 Å². The van der Waals surface area contributed by atoms with Gasteiger partial charge in [0.2, 0.25) is 5.91 Å². The number of carbonyl (C=O) groups is 1. The molecule has 0 radical (unpaired) electrons. The van der Waals surface area contributed by atoms with Gasteiger partial charge in [-0.25, -0.2) is 0 Å². The van der Waals surface area contributed by atoms with Crippen molar-refractivity contribution >= 4 is 29.1 Å². The van der Waals surface area contributed by atoms with E-state index in [4.69, 9.17) is 23.2 Å². The van der Waals surface area contributed by atoms with Gasteiger partial charge in [-0.15, -0.1) is 6.58 Å². The molecule has 0 spiro atoms. The van der Waals surface area contributed by atoms with Crippen LogP contribution < -0.4 is 5.32 Å². The summed E-state index contributed by atoms with van der Waals surface area (Å²) in [6, 6.07) is 5.19. The fraction of sp³-hybridized carbons (Fsp3) is 0.357. The maximum Gasteiger partial charge on any atom is 0.236 e. The average Bonchev–Trinajstić information content (AvgIpc) is 2.37. The number of likely N-dealkylation sites (N-methyl/N-ethyl adjacent to an activating group) is 1. The van der Waals surface area contributed by atoms with Crippen LogP contribution in [0.4, 0.5) is 0 Å². The number of nitrogens with one attached hydrogen (secondary N) is 1. The fourth-order valence-electron chi connectivity index (χ4n) is 1.67. The summed E-state index contributed by atoms with van der Waals surface area (Å²) in [4.78, 5) is 13.6. The van der Waals surface area contributed by atoms with Crippen LogP contribution in [0, 0.1) is 0 Å². The zero-order valence-corrected chi connectivity index (χ0v) is 12.6. The van der Waals surface area contributed by atoms with Gasteiger partial charge in [0.25, 0.3) is 0 Å². The summed E-state index contributed by atoms with van der Waals surface area (Å²) >= 11 is 12.0. The third-order valence-electron chi connectivity index (χ3n) is 2.95. The first-order valence-corrected chi connectivity index (χ1v) is 6.75. The highest BCUT2D eigenvalue weighted by Gasteiger charge is 2.19. The van der Waals surface area contributed by atoms with Crippen LogP contribution in [0.5, 0.6) is 0 Å². The molecule has 0 bridgehead atoms. The summed E-state index contributed by atoms with van der Waals surface area (Å²) in [5, 5.41) is 4.14. The molecular weight excluding hydrogens is 283 g/mol. The summed E-state index contributed by atoms with van der Waals surface area (Å²) in [5.41, 5.74) is 0.880. The van der Waals surface area contributed by atoms with Gasteiger partial charge in [-0.1, -0.05) is 35.3 Å². The van der Waals surface area contributed by atoms with Gasteiger partial charge in [-0.2, -0.15) is 0 Å². The van der Waals surface area contributed by atoms with Gasteiger partial charge in [0, 0.05) is 23.6 Å². The zero-order chi connectivity index (χ0) is 14.4. The molecule has 104 valence electrons. The third-order valence-corrected chi connectivity index (χ3v) is 3.51. The van der Waals surface area contributed by atoms with Crippen molar-refractivity contribution in [2.24, 2.45) is 0 Å². The molecule has 1 aromatic carbocycles. The number of carbonyl (C=O) groups excluding carboxylic acids is 1. The van der Waals surface area contributed by atoms with E-state index in [0.29, 0.717) is 16.6 Å². The molecule has 0 saturated carbocycles. The highest BCUT2D eigenvalue weighted by atomic mass is 35.5. The number of hydrogen-bond acceptors (Lipinski definition) is 2. The van der Waals surface area contributed by atoms with Gasteiger partial charge in [0.1, 0.15) is 0 Å². The lowest BCUT2D eigenvalue weighted by Gasteiger charge is -2.26. The maximum atomic E-state index is 12.0. The van der Waals surface area contributed by atoms with Crippen LogP contribution in [0.3, 0.4) is 0 Å². The first kappa shape index (κ1) is 16.0. The van der Waals surface area contributed by atoms with Gasteiger partial charge < -0.3 is 10.2 Å². The molecule has 1 rings (SSSR count). The first-order valence-electron chi connectivity index (χ1n) is 5.99. The van der Waals surface area contributed by atoms with Gasteiger partial charge in [0.05, 0.1) is 12.6 Å². The highest BCUT2D eigenvalue weighted by Crippen LogP contribution is 2.28. The molecule has 0 heterocycles. The second-order valence-electron chi connectivity index (χ2n) is 4.27. The predicted octanol–water partition coefficient (Wildman–Crippen LogP) is 3.29. The molecular formula is C14H18Cl2N2O. The monoisotopic (exact) mass is 300 g/mol. The normalized spacial score (nSPS) is 12.0. The number of halogens is 2. The van der Waals surface area contributed by atoms with Gasteiger partial charge in [-0.3, -0.25) is 4.79 Å². The Labute approximate surface area is 124 Å². The largest absolute Gasteiger partial charge is 0.338 e. The van der Waals surface area contributed by atoms with Crippen molar-refractivity contribution in [3.63, 3.8) is 0 Å². The van der Waals surface area contributed by atoms with Crippen molar-refractivity contribution in [1.29, 1.82) is 0 Å². The fourth-order valence-corrected chi connectivity index (χ4v) is 2.24. The smallest absolute Gasteiger partial charge is 0.236 e. The van der Waals surface area contributed by atoms with Crippen LogP contribution in [-0.2, 0) is 4.79 Å². The summed E-state index contributed by atoms with van der Waals surface area (Å²) in [5.74, 6) is 0.000340. The number of rotatable bonds is 6. The van der Waals surface area contributed by atoms with Gasteiger partial charge >= 0.3 is 0 Å². The molecule has 5 heteroatoms. The van der Waals surface area contributed by atoms with E-state index in [1.807, 2.05) is 13.0 Å². The van der Waals surface area contributed by atoms with E-state index >= 15 is 0 Å². The Hall–Kier alpha value is -1.03. The highest BCUT2D eigenvalue weighted by molar-refractivity contribution is 6.35. The summed E-state index contributed by atoms with van der Waals surface area (Å²) < 4.78 is 0. The van der Waals surface area contributed by atoms with E-state index in [9.17, 15) is 4.79 Å². The third kappa shape index (κ3) is 4.53. The Kier molecular flexibility index (Phi) is 6.35. The minimum absolute atomic E-state index is 0.000340. The Morgan fingerprint density at radius 2 is 2.21 bits per heavy atom. The van der Waals surface area contributed by atoms with Crippen LogP contribution in [0.2, 0.25) is 10.0 Å². The van der Waals surface area contributed by atoms with Crippen molar-refractivity contribution in [2.45, 2.75) is 13.0 Å². The number of benzene rings is 1. The van der Waals surface area contributed by atoms with Crippen molar-refractivity contribution < 1.29 is 4.79 Å². The molecule has 1 unspecified atom stereocenters. The molecule has 0 fully saturated rings. The lowest BCUT2D eigenvalue weighted by Crippen LogP contribution is -2.37. The van der Waals surface area contributed by atoms with Gasteiger partial charge in [0.15, 0.2) is 0 Å². The van der Waals surface area contributed by atoms with Crippen molar-refractivity contribution in [2.75, 3.05) is 20.1 Å². The van der Waals surface area contributed by atoms with Crippen LogP contribution in [0.15, 0.2) is 30.9 Å². The Balaban J connectivity index is 2.72. The van der Waals surface area contributed by atoms with E-state index in [0.717, 1.165) is 5.56 Å². The second kappa shape index (κ2) is 7.53.